The number of carbonyl (C=O) groups is 1. The lowest BCUT2D eigenvalue weighted by Crippen LogP contribution is -2.12. The van der Waals surface area contributed by atoms with Crippen molar-refractivity contribution in [3.05, 3.63) is 69.2 Å². The average Bonchev–Trinajstić information content (AvgIpc) is 2.81. The number of nitrogen functional groups attached to an aromatic ring is 1. The highest BCUT2D eigenvalue weighted by Crippen LogP contribution is 2.36. The molecule has 0 radical (unpaired) electrons. The summed E-state index contributed by atoms with van der Waals surface area (Å²) in [5.41, 5.74) is 9.35. The minimum absolute atomic E-state index is 0.0483. The summed E-state index contributed by atoms with van der Waals surface area (Å²) in [6, 6.07) is 16.8. The number of halogens is 2. The molecule has 0 atom stereocenters. The smallest absolute Gasteiger partial charge is 0.225 e. The highest BCUT2D eigenvalue weighted by molar-refractivity contribution is 7.99. The monoisotopic (exact) mass is 509 g/mol. The van der Waals surface area contributed by atoms with E-state index < -0.39 is 0 Å². The number of hydrogen-bond donors (Lipinski definition) is 2. The molecule has 0 bridgehead atoms. The van der Waals surface area contributed by atoms with E-state index in [4.69, 9.17) is 28.9 Å². The second kappa shape index (κ2) is 11.3. The molecular formula is C25H21Cl2N5OS. The molecule has 172 valence electrons. The number of thioether (sulfide) groups is 1. The van der Waals surface area contributed by atoms with Crippen LogP contribution in [0.3, 0.4) is 0 Å². The first-order valence-electron chi connectivity index (χ1n) is 10.4. The first kappa shape index (κ1) is 25.4. The Kier molecular flexibility index (Phi) is 8.41. The van der Waals surface area contributed by atoms with Gasteiger partial charge in [-0.1, -0.05) is 61.3 Å². The summed E-state index contributed by atoms with van der Waals surface area (Å²) >= 11 is 13.1. The second-order valence-electron chi connectivity index (χ2n) is 7.70. The fourth-order valence-electron chi connectivity index (χ4n) is 3.26. The molecule has 0 aliphatic carbocycles. The quantitative estimate of drug-likeness (QED) is 0.345. The van der Waals surface area contributed by atoms with Crippen LogP contribution in [0.2, 0.25) is 10.0 Å². The van der Waals surface area contributed by atoms with Gasteiger partial charge in [-0.25, -0.2) is 4.98 Å². The molecule has 0 aliphatic rings. The van der Waals surface area contributed by atoms with Crippen LogP contribution in [0.5, 0.6) is 0 Å². The minimum Gasteiger partial charge on any atom is -0.383 e. The Morgan fingerprint density at radius 3 is 2.35 bits per heavy atom. The third kappa shape index (κ3) is 5.81. The van der Waals surface area contributed by atoms with E-state index in [0.29, 0.717) is 43.6 Å². The van der Waals surface area contributed by atoms with Gasteiger partial charge in [-0.3, -0.25) is 4.79 Å². The van der Waals surface area contributed by atoms with Crippen molar-refractivity contribution in [2.24, 2.45) is 0 Å². The Labute approximate surface area is 212 Å². The predicted molar refractivity (Wildman–Crippen MR) is 138 cm³/mol. The number of rotatable bonds is 7. The van der Waals surface area contributed by atoms with Crippen LogP contribution in [0.15, 0.2) is 47.5 Å². The van der Waals surface area contributed by atoms with Gasteiger partial charge in [0.25, 0.3) is 0 Å². The lowest BCUT2D eigenvalue weighted by Gasteiger charge is -2.14. The fraction of sp³-hybridized carbons (Fsp3) is 0.200. The summed E-state index contributed by atoms with van der Waals surface area (Å²) in [4.78, 5) is 16.6. The number of nitrogens with two attached hydrogens (primary N) is 1. The molecular weight excluding hydrogens is 489 g/mol. The number of pyridine rings is 1. The number of nitrogens with one attached hydrogen (secondary N) is 1. The fourth-order valence-corrected chi connectivity index (χ4v) is 4.50. The number of aromatic nitrogens is 1. The number of carbonyl (C=O) groups excluding carboxylic acids is 1. The summed E-state index contributed by atoms with van der Waals surface area (Å²) in [7, 11) is 0. The lowest BCUT2D eigenvalue weighted by atomic mass is 9.94. The molecule has 3 N–H and O–H groups in total. The number of hydrogen-bond acceptors (Lipinski definition) is 6. The third-order valence-electron chi connectivity index (χ3n) is 5.05. The van der Waals surface area contributed by atoms with E-state index >= 15 is 0 Å². The number of nitriles is 2. The number of anilines is 2. The Hall–Kier alpha value is -3.23. The summed E-state index contributed by atoms with van der Waals surface area (Å²) in [5, 5.41) is 23.5. The van der Waals surface area contributed by atoms with Gasteiger partial charge in [-0.15, -0.1) is 11.8 Å². The largest absolute Gasteiger partial charge is 0.383 e. The summed E-state index contributed by atoms with van der Waals surface area (Å²) < 4.78 is 0. The standard InChI is InChI=1S/C25H21Cl2N5OS/c1-14(2)15-3-5-16(6-4-15)23-18(12-28)24(30)32-25(19(23)13-29)34-10-9-22(33)31-17-7-8-20(26)21(27)11-17/h3-8,11,14H,9-10H2,1-2H3,(H2,30,32)(H,31,33). The molecule has 0 unspecified atom stereocenters. The van der Waals surface area contributed by atoms with Gasteiger partial charge < -0.3 is 11.1 Å². The molecule has 0 aliphatic heterocycles. The van der Waals surface area contributed by atoms with Crippen molar-refractivity contribution in [1.82, 2.24) is 4.98 Å². The predicted octanol–water partition coefficient (Wildman–Crippen LogP) is 6.63. The molecule has 6 nitrogen and oxygen atoms in total. The van der Waals surface area contributed by atoms with Crippen molar-refractivity contribution in [1.29, 1.82) is 10.5 Å². The van der Waals surface area contributed by atoms with Crippen LogP contribution in [0.25, 0.3) is 11.1 Å². The van der Waals surface area contributed by atoms with Crippen LogP contribution in [0.4, 0.5) is 11.5 Å². The summed E-state index contributed by atoms with van der Waals surface area (Å²) in [6.07, 6.45) is 0.162. The molecule has 9 heteroatoms. The normalized spacial score (nSPS) is 10.6. The zero-order valence-corrected chi connectivity index (χ0v) is 20.9. The van der Waals surface area contributed by atoms with Gasteiger partial charge >= 0.3 is 0 Å². The second-order valence-corrected chi connectivity index (χ2v) is 9.60. The Morgan fingerprint density at radius 1 is 1.09 bits per heavy atom. The summed E-state index contributed by atoms with van der Waals surface area (Å²) in [6.45, 7) is 4.18. The number of nitrogens with zero attached hydrogens (tertiary/aromatic N) is 3. The first-order valence-corrected chi connectivity index (χ1v) is 12.1. The van der Waals surface area contributed by atoms with Crippen molar-refractivity contribution in [3.8, 4) is 23.3 Å². The number of benzene rings is 2. The highest BCUT2D eigenvalue weighted by Gasteiger charge is 2.21. The highest BCUT2D eigenvalue weighted by atomic mass is 35.5. The molecule has 2 aromatic carbocycles. The molecule has 1 heterocycles. The van der Waals surface area contributed by atoms with Crippen molar-refractivity contribution in [2.75, 3.05) is 16.8 Å². The van der Waals surface area contributed by atoms with Crippen LogP contribution >= 0.6 is 35.0 Å². The molecule has 0 saturated heterocycles. The van der Waals surface area contributed by atoms with Crippen LogP contribution in [-0.2, 0) is 4.79 Å². The third-order valence-corrected chi connectivity index (χ3v) is 6.77. The molecule has 3 rings (SSSR count). The van der Waals surface area contributed by atoms with Crippen LogP contribution in [-0.4, -0.2) is 16.6 Å². The maximum absolute atomic E-state index is 12.3. The van der Waals surface area contributed by atoms with Crippen molar-refractivity contribution in [2.45, 2.75) is 31.2 Å². The molecule has 1 amide bonds. The lowest BCUT2D eigenvalue weighted by molar-refractivity contribution is -0.115. The molecule has 0 fully saturated rings. The van der Waals surface area contributed by atoms with Crippen molar-refractivity contribution < 1.29 is 4.79 Å². The minimum atomic E-state index is -0.226. The Morgan fingerprint density at radius 2 is 1.76 bits per heavy atom. The number of amides is 1. The van der Waals surface area contributed by atoms with E-state index in [0.717, 1.165) is 5.56 Å². The van der Waals surface area contributed by atoms with Gasteiger partial charge in [0, 0.05) is 23.4 Å². The molecule has 34 heavy (non-hydrogen) atoms. The molecule has 0 saturated carbocycles. The van der Waals surface area contributed by atoms with E-state index in [2.05, 4.69) is 36.3 Å². The van der Waals surface area contributed by atoms with Gasteiger partial charge in [0.05, 0.1) is 15.6 Å². The zero-order chi connectivity index (χ0) is 24.8. The van der Waals surface area contributed by atoms with E-state index in [1.165, 1.54) is 11.8 Å². The van der Waals surface area contributed by atoms with Gasteiger partial charge in [0.1, 0.15) is 28.5 Å². The first-order chi connectivity index (χ1) is 16.2. The van der Waals surface area contributed by atoms with Crippen molar-refractivity contribution in [3.63, 3.8) is 0 Å². The maximum atomic E-state index is 12.3. The Balaban J connectivity index is 1.82. The van der Waals surface area contributed by atoms with E-state index in [9.17, 15) is 15.3 Å². The van der Waals surface area contributed by atoms with E-state index in [1.54, 1.807) is 18.2 Å². The molecule has 1 aromatic heterocycles. The van der Waals surface area contributed by atoms with Gasteiger partial charge in [-0.2, -0.15) is 10.5 Å². The Bertz CT molecular complexity index is 1310. The van der Waals surface area contributed by atoms with E-state index in [1.807, 2.05) is 24.3 Å². The van der Waals surface area contributed by atoms with Crippen LogP contribution < -0.4 is 11.1 Å². The summed E-state index contributed by atoms with van der Waals surface area (Å²) in [5.74, 6) is 0.526. The van der Waals surface area contributed by atoms with Gasteiger partial charge in [-0.05, 0) is 35.2 Å². The average molecular weight is 510 g/mol. The topological polar surface area (TPSA) is 116 Å². The molecule has 0 spiro atoms. The molecule has 3 aromatic rings. The van der Waals surface area contributed by atoms with Crippen LogP contribution in [0, 0.1) is 22.7 Å². The van der Waals surface area contributed by atoms with E-state index in [-0.39, 0.29) is 29.3 Å². The zero-order valence-electron chi connectivity index (χ0n) is 18.5. The SMILES string of the molecule is CC(C)c1ccc(-c2c(C#N)c(N)nc(SCCC(=O)Nc3ccc(Cl)c(Cl)c3)c2C#N)cc1. The van der Waals surface area contributed by atoms with Gasteiger partial charge in [0.15, 0.2) is 0 Å². The maximum Gasteiger partial charge on any atom is 0.225 e. The van der Waals surface area contributed by atoms with Crippen molar-refractivity contribution >= 4 is 52.4 Å². The van der Waals surface area contributed by atoms with Gasteiger partial charge in [0.2, 0.25) is 5.91 Å². The van der Waals surface area contributed by atoms with Crippen LogP contribution in [0.1, 0.15) is 42.9 Å².